The second-order valence-electron chi connectivity index (χ2n) is 12.0. The van der Waals surface area contributed by atoms with E-state index < -0.39 is 0 Å². The molecule has 6 fully saturated rings. The topological polar surface area (TPSA) is 101 Å². The van der Waals surface area contributed by atoms with Crippen LogP contribution in [0.2, 0.25) is 0 Å². The zero-order chi connectivity index (χ0) is 23.8. The number of fused-ring (bicyclic) bond motifs is 1. The number of amides is 1. The molecule has 35 heavy (non-hydrogen) atoms. The number of aliphatic hydroxyl groups is 1. The number of nitrogens with two attached hydrogens (primary N) is 1. The molecule has 2 atom stereocenters. The maximum absolute atomic E-state index is 13.0. The molecule has 7 heteroatoms. The number of ether oxygens (including phenoxy) is 1. The number of piperidine rings is 1. The van der Waals surface area contributed by atoms with Gasteiger partial charge in [0.05, 0.1) is 5.56 Å². The number of nitrogens with zero attached hydrogens (tertiary/aromatic N) is 2. The third kappa shape index (κ3) is 3.35. The first-order valence-corrected chi connectivity index (χ1v) is 13.0. The summed E-state index contributed by atoms with van der Waals surface area (Å²) in [6.07, 6.45) is 7.92. The summed E-state index contributed by atoms with van der Waals surface area (Å²) in [4.78, 5) is 20.0. The monoisotopic (exact) mass is 474 g/mol. The van der Waals surface area contributed by atoms with Gasteiger partial charge in [-0.25, -0.2) is 4.98 Å². The molecule has 4 aliphatic carbocycles. The van der Waals surface area contributed by atoms with Gasteiger partial charge in [-0.2, -0.15) is 0 Å². The van der Waals surface area contributed by atoms with Crippen LogP contribution in [0.3, 0.4) is 0 Å². The molecule has 8 rings (SSSR count). The van der Waals surface area contributed by atoms with Crippen LogP contribution in [0, 0.1) is 11.3 Å². The molecule has 184 valence electrons. The zero-order valence-electron chi connectivity index (χ0n) is 20.1. The Morgan fingerprint density at radius 1 is 1.17 bits per heavy atom. The molecule has 2 bridgehead atoms. The number of likely N-dealkylation sites (tertiary alicyclic amines) is 1. The van der Waals surface area contributed by atoms with E-state index in [1.165, 1.54) is 18.5 Å². The lowest BCUT2D eigenvalue weighted by Crippen LogP contribution is -2.75. The van der Waals surface area contributed by atoms with Crippen molar-refractivity contribution >= 4 is 11.7 Å². The van der Waals surface area contributed by atoms with E-state index in [0.717, 1.165) is 68.9 Å². The lowest BCUT2D eigenvalue weighted by molar-refractivity contribution is -0.172. The molecule has 4 N–H and O–H groups in total. The number of aliphatic hydroxyl groups excluding tert-OH is 1. The first-order chi connectivity index (χ1) is 16.9. The van der Waals surface area contributed by atoms with Gasteiger partial charge in [-0.05, 0) is 61.6 Å². The van der Waals surface area contributed by atoms with E-state index in [-0.39, 0.29) is 29.3 Å². The Hall–Kier alpha value is -2.48. The van der Waals surface area contributed by atoms with Gasteiger partial charge >= 0.3 is 0 Å². The van der Waals surface area contributed by atoms with Gasteiger partial charge in [0, 0.05) is 67.1 Å². The minimum Gasteiger partial charge on any atom is -0.396 e. The molecule has 2 aliphatic heterocycles. The highest BCUT2D eigenvalue weighted by Gasteiger charge is 2.68. The molecule has 4 saturated carbocycles. The van der Waals surface area contributed by atoms with Crippen LogP contribution >= 0.6 is 0 Å². The molecule has 7 nitrogen and oxygen atoms in total. The van der Waals surface area contributed by atoms with Crippen molar-refractivity contribution in [3.63, 3.8) is 0 Å². The number of benzene rings is 1. The van der Waals surface area contributed by atoms with Gasteiger partial charge in [0.25, 0.3) is 5.91 Å². The molecule has 2 saturated heterocycles. The fourth-order valence-electron chi connectivity index (χ4n) is 7.71. The minimum atomic E-state index is -0.168. The third-order valence-electron chi connectivity index (χ3n) is 9.69. The fourth-order valence-corrected chi connectivity index (χ4v) is 7.71. The van der Waals surface area contributed by atoms with E-state index in [1.807, 2.05) is 6.07 Å². The molecule has 1 aromatic heterocycles. The van der Waals surface area contributed by atoms with Crippen molar-refractivity contribution in [1.29, 1.82) is 0 Å². The summed E-state index contributed by atoms with van der Waals surface area (Å²) >= 11 is 0. The summed E-state index contributed by atoms with van der Waals surface area (Å²) < 4.78 is 5.56. The van der Waals surface area contributed by atoms with Crippen molar-refractivity contribution in [2.45, 2.75) is 55.5 Å². The number of pyridine rings is 1. The Balaban J connectivity index is 1.06. The van der Waals surface area contributed by atoms with E-state index in [0.29, 0.717) is 17.0 Å². The van der Waals surface area contributed by atoms with Gasteiger partial charge in [-0.1, -0.05) is 24.3 Å². The number of aromatic nitrogens is 1. The van der Waals surface area contributed by atoms with E-state index in [2.05, 4.69) is 39.5 Å². The average Bonchev–Trinajstić information content (AvgIpc) is 3.41. The lowest BCUT2D eigenvalue weighted by Gasteiger charge is -2.70. The molecule has 1 aromatic carbocycles. The fraction of sp³-hybridized carbons (Fsp3) is 0.571. The molecule has 2 aromatic rings. The van der Waals surface area contributed by atoms with Crippen molar-refractivity contribution in [3.8, 4) is 11.1 Å². The predicted octanol–water partition coefficient (Wildman–Crippen LogP) is 2.73. The highest BCUT2D eigenvalue weighted by molar-refractivity contribution is 6.00. The number of rotatable bonds is 6. The zero-order valence-corrected chi connectivity index (χ0v) is 20.1. The first kappa shape index (κ1) is 21.8. The standard InChI is InChI=1S/C28H34N4O3/c29-24-23(25(34)31-27-13-26(14-27,15-27)17-33)9-19(11-30-24)18-1-3-20(4-2-18)28-10-21(28)12-32(16-28)22-5-7-35-8-6-22/h1-4,9,11,21-22,33H,5-8,10,12-17H2,(H2,29,30)(H,31,34)/t21-,26?,27?,28+/m0/s1. The summed E-state index contributed by atoms with van der Waals surface area (Å²) in [7, 11) is 0. The maximum Gasteiger partial charge on any atom is 0.255 e. The molecule has 6 aliphatic rings. The SMILES string of the molecule is Nc1ncc(-c2ccc([C@]34C[C@H]3CN(C3CCOCC3)C4)cc2)cc1C(=O)NC12CC(CO)(C1)C2. The molecule has 0 radical (unpaired) electrons. The Bertz CT molecular complexity index is 1160. The number of carbonyl (C=O) groups is 1. The molecule has 0 unspecified atom stereocenters. The summed E-state index contributed by atoms with van der Waals surface area (Å²) in [5, 5.41) is 12.6. The van der Waals surface area contributed by atoms with Crippen LogP contribution in [0.25, 0.3) is 11.1 Å². The van der Waals surface area contributed by atoms with E-state index in [9.17, 15) is 9.90 Å². The van der Waals surface area contributed by atoms with E-state index in [1.54, 1.807) is 6.20 Å². The normalized spacial score (nSPS) is 35.6. The highest BCUT2D eigenvalue weighted by Crippen LogP contribution is 2.67. The van der Waals surface area contributed by atoms with Crippen LogP contribution in [0.1, 0.15) is 54.4 Å². The predicted molar refractivity (Wildman–Crippen MR) is 133 cm³/mol. The van der Waals surface area contributed by atoms with E-state index in [4.69, 9.17) is 10.5 Å². The smallest absolute Gasteiger partial charge is 0.255 e. The van der Waals surface area contributed by atoms with Crippen molar-refractivity contribution in [1.82, 2.24) is 15.2 Å². The second-order valence-corrected chi connectivity index (χ2v) is 12.0. The number of hydrogen-bond acceptors (Lipinski definition) is 6. The van der Waals surface area contributed by atoms with Gasteiger partial charge in [-0.15, -0.1) is 0 Å². The number of hydrogen-bond donors (Lipinski definition) is 3. The molecule has 3 heterocycles. The first-order valence-electron chi connectivity index (χ1n) is 13.0. The van der Waals surface area contributed by atoms with Crippen LogP contribution in [-0.4, -0.2) is 65.4 Å². The number of nitrogen functional groups attached to an aromatic ring is 1. The average molecular weight is 475 g/mol. The number of anilines is 1. The van der Waals surface area contributed by atoms with Gasteiger partial charge in [0.2, 0.25) is 0 Å². The summed E-state index contributed by atoms with van der Waals surface area (Å²) in [5.74, 6) is 0.857. The Morgan fingerprint density at radius 3 is 2.63 bits per heavy atom. The van der Waals surface area contributed by atoms with Crippen molar-refractivity contribution in [2.75, 3.05) is 38.6 Å². The Labute approximate surface area is 206 Å². The van der Waals surface area contributed by atoms with Crippen LogP contribution in [0.5, 0.6) is 0 Å². The van der Waals surface area contributed by atoms with Crippen LogP contribution in [0.4, 0.5) is 5.82 Å². The molecule has 0 spiro atoms. The quantitative estimate of drug-likeness (QED) is 0.595. The van der Waals surface area contributed by atoms with Gasteiger partial charge in [-0.3, -0.25) is 9.69 Å². The van der Waals surface area contributed by atoms with Crippen molar-refractivity contribution in [2.24, 2.45) is 11.3 Å². The van der Waals surface area contributed by atoms with Gasteiger partial charge in [0.1, 0.15) is 5.82 Å². The van der Waals surface area contributed by atoms with E-state index >= 15 is 0 Å². The Morgan fingerprint density at radius 2 is 1.91 bits per heavy atom. The highest BCUT2D eigenvalue weighted by atomic mass is 16.5. The van der Waals surface area contributed by atoms with Crippen LogP contribution in [-0.2, 0) is 10.2 Å². The second kappa shape index (κ2) is 7.51. The largest absolute Gasteiger partial charge is 0.396 e. The van der Waals surface area contributed by atoms with Crippen LogP contribution < -0.4 is 11.1 Å². The van der Waals surface area contributed by atoms with Gasteiger partial charge < -0.3 is 20.9 Å². The van der Waals surface area contributed by atoms with Crippen LogP contribution in [0.15, 0.2) is 36.5 Å². The molecular weight excluding hydrogens is 440 g/mol. The Kier molecular flexibility index (Phi) is 4.67. The lowest BCUT2D eigenvalue weighted by atomic mass is 9.39. The summed E-state index contributed by atoms with van der Waals surface area (Å²) in [6, 6.07) is 11.4. The minimum absolute atomic E-state index is 0.0436. The van der Waals surface area contributed by atoms with Crippen molar-refractivity contribution < 1.29 is 14.6 Å². The number of nitrogens with one attached hydrogen (secondary N) is 1. The third-order valence-corrected chi connectivity index (χ3v) is 9.69. The number of carbonyl (C=O) groups excluding carboxylic acids is 1. The molecular formula is C28H34N4O3. The van der Waals surface area contributed by atoms with Crippen molar-refractivity contribution in [3.05, 3.63) is 47.7 Å². The molecule has 1 amide bonds. The summed E-state index contributed by atoms with van der Waals surface area (Å²) in [5.41, 5.74) is 10.1. The summed E-state index contributed by atoms with van der Waals surface area (Å²) in [6.45, 7) is 4.37. The van der Waals surface area contributed by atoms with Gasteiger partial charge in [0.15, 0.2) is 0 Å². The maximum atomic E-state index is 13.0.